The van der Waals surface area contributed by atoms with Crippen LogP contribution in [0.5, 0.6) is 0 Å². The van der Waals surface area contributed by atoms with Crippen LogP contribution < -0.4 is 0 Å². The molecule has 0 saturated heterocycles. The number of carbonyl (C=O) groups is 1. The third-order valence-corrected chi connectivity index (χ3v) is 5.83. The highest BCUT2D eigenvalue weighted by atomic mass is 16.1. The van der Waals surface area contributed by atoms with Gasteiger partial charge >= 0.3 is 0 Å². The van der Waals surface area contributed by atoms with Crippen LogP contribution >= 0.6 is 0 Å². The maximum Gasteiger partial charge on any atom is 0.166 e. The predicted molar refractivity (Wildman–Crippen MR) is 97.5 cm³/mol. The highest BCUT2D eigenvalue weighted by Crippen LogP contribution is 2.31. The third kappa shape index (κ3) is 2.80. The highest BCUT2D eigenvalue weighted by Gasteiger charge is 2.31. The lowest BCUT2D eigenvalue weighted by Crippen LogP contribution is -2.32. The Bertz CT molecular complexity index is 793. The van der Waals surface area contributed by atoms with E-state index in [1.807, 2.05) is 0 Å². The second kappa shape index (κ2) is 6.18. The van der Waals surface area contributed by atoms with Gasteiger partial charge in [0.2, 0.25) is 0 Å². The Morgan fingerprint density at radius 1 is 1.04 bits per heavy atom. The van der Waals surface area contributed by atoms with E-state index in [0.717, 1.165) is 44.5 Å². The number of hydrogen-bond acceptors (Lipinski definition) is 2. The van der Waals surface area contributed by atoms with Crippen molar-refractivity contribution in [1.82, 2.24) is 4.90 Å². The number of ketones is 1. The van der Waals surface area contributed by atoms with Gasteiger partial charge in [0, 0.05) is 24.6 Å². The molecule has 1 heterocycles. The van der Waals surface area contributed by atoms with Crippen LogP contribution in [-0.2, 0) is 19.4 Å². The Hall–Kier alpha value is -1.93. The zero-order valence-corrected chi connectivity index (χ0v) is 14.6. The summed E-state index contributed by atoms with van der Waals surface area (Å²) in [7, 11) is 0. The van der Waals surface area contributed by atoms with Crippen molar-refractivity contribution in [2.24, 2.45) is 5.92 Å². The van der Waals surface area contributed by atoms with Crippen LogP contribution in [-0.4, -0.2) is 23.8 Å². The van der Waals surface area contributed by atoms with Gasteiger partial charge in [0.05, 0.1) is 0 Å². The monoisotopic (exact) mass is 319 g/mol. The molecule has 1 aliphatic heterocycles. The highest BCUT2D eigenvalue weighted by molar-refractivity contribution is 6.02. The first-order valence-corrected chi connectivity index (χ1v) is 9.05. The number of fused-ring (bicyclic) bond motifs is 2. The second-order valence-corrected chi connectivity index (χ2v) is 7.44. The van der Waals surface area contributed by atoms with Gasteiger partial charge in [-0.3, -0.25) is 9.69 Å². The fourth-order valence-electron chi connectivity index (χ4n) is 4.17. The SMILES string of the molecule is Cc1cc2c(cc1C)C(=O)C(CCN1CCc3ccccc3C1)C2. The lowest BCUT2D eigenvalue weighted by Gasteiger charge is -2.29. The van der Waals surface area contributed by atoms with Crippen molar-refractivity contribution in [3.63, 3.8) is 0 Å². The number of nitrogens with zero attached hydrogens (tertiary/aromatic N) is 1. The average molecular weight is 319 g/mol. The van der Waals surface area contributed by atoms with E-state index in [9.17, 15) is 4.79 Å². The minimum Gasteiger partial charge on any atom is -0.299 e. The summed E-state index contributed by atoms with van der Waals surface area (Å²) in [4.78, 5) is 15.2. The number of benzene rings is 2. The van der Waals surface area contributed by atoms with Crippen LogP contribution in [0, 0.1) is 19.8 Å². The van der Waals surface area contributed by atoms with Crippen LogP contribution in [0.3, 0.4) is 0 Å². The van der Waals surface area contributed by atoms with Gasteiger partial charge in [-0.05, 0) is 73.5 Å². The van der Waals surface area contributed by atoms with Crippen molar-refractivity contribution < 1.29 is 4.79 Å². The van der Waals surface area contributed by atoms with Gasteiger partial charge in [0.25, 0.3) is 0 Å². The molecule has 4 rings (SSSR count). The quantitative estimate of drug-likeness (QED) is 0.848. The number of aryl methyl sites for hydroxylation is 2. The van der Waals surface area contributed by atoms with Crippen LogP contribution in [0.15, 0.2) is 36.4 Å². The lowest BCUT2D eigenvalue weighted by atomic mass is 9.97. The molecule has 0 radical (unpaired) electrons. The van der Waals surface area contributed by atoms with Crippen LogP contribution in [0.2, 0.25) is 0 Å². The van der Waals surface area contributed by atoms with E-state index in [4.69, 9.17) is 0 Å². The molecule has 2 aromatic carbocycles. The van der Waals surface area contributed by atoms with Gasteiger partial charge in [0.15, 0.2) is 5.78 Å². The summed E-state index contributed by atoms with van der Waals surface area (Å²) in [5, 5.41) is 0. The van der Waals surface area contributed by atoms with E-state index in [1.54, 1.807) is 0 Å². The lowest BCUT2D eigenvalue weighted by molar-refractivity contribution is 0.0919. The fraction of sp³-hybridized carbons (Fsp3) is 0.409. The number of carbonyl (C=O) groups excluding carboxylic acids is 1. The average Bonchev–Trinajstić information content (AvgIpc) is 2.89. The van der Waals surface area contributed by atoms with Gasteiger partial charge in [-0.25, -0.2) is 0 Å². The van der Waals surface area contributed by atoms with Gasteiger partial charge in [0.1, 0.15) is 0 Å². The number of rotatable bonds is 3. The smallest absolute Gasteiger partial charge is 0.166 e. The summed E-state index contributed by atoms with van der Waals surface area (Å²) in [6.07, 6.45) is 3.04. The maximum atomic E-state index is 12.7. The van der Waals surface area contributed by atoms with E-state index >= 15 is 0 Å². The third-order valence-electron chi connectivity index (χ3n) is 5.83. The topological polar surface area (TPSA) is 20.3 Å². The molecule has 0 saturated carbocycles. The van der Waals surface area contributed by atoms with E-state index in [0.29, 0.717) is 5.78 Å². The van der Waals surface area contributed by atoms with Crippen molar-refractivity contribution in [2.75, 3.05) is 13.1 Å². The van der Waals surface area contributed by atoms with E-state index in [2.05, 4.69) is 55.1 Å². The molecule has 0 fully saturated rings. The van der Waals surface area contributed by atoms with Gasteiger partial charge in [-0.1, -0.05) is 30.3 Å². The Kier molecular flexibility index (Phi) is 4.01. The summed E-state index contributed by atoms with van der Waals surface area (Å²) in [5.41, 5.74) is 7.72. The summed E-state index contributed by atoms with van der Waals surface area (Å²) in [6, 6.07) is 13.1. The molecular weight excluding hydrogens is 294 g/mol. The summed E-state index contributed by atoms with van der Waals surface area (Å²) in [6.45, 7) is 7.40. The maximum absolute atomic E-state index is 12.7. The molecule has 0 aromatic heterocycles. The van der Waals surface area contributed by atoms with Crippen LogP contribution in [0.4, 0.5) is 0 Å². The van der Waals surface area contributed by atoms with Crippen molar-refractivity contribution >= 4 is 5.78 Å². The van der Waals surface area contributed by atoms with E-state index < -0.39 is 0 Å². The van der Waals surface area contributed by atoms with E-state index in [-0.39, 0.29) is 5.92 Å². The molecule has 1 aliphatic carbocycles. The Morgan fingerprint density at radius 2 is 1.79 bits per heavy atom. The Morgan fingerprint density at radius 3 is 2.62 bits per heavy atom. The number of Topliss-reactive ketones (excluding diaryl/α,β-unsaturated/α-hetero) is 1. The minimum absolute atomic E-state index is 0.179. The fourth-order valence-corrected chi connectivity index (χ4v) is 4.17. The van der Waals surface area contributed by atoms with Crippen molar-refractivity contribution in [3.8, 4) is 0 Å². The molecule has 0 N–H and O–H groups in total. The largest absolute Gasteiger partial charge is 0.299 e. The molecule has 0 amide bonds. The van der Waals surface area contributed by atoms with E-state index in [1.165, 1.54) is 27.8 Å². The van der Waals surface area contributed by atoms with Crippen LogP contribution in [0.25, 0.3) is 0 Å². The normalized spacial score (nSPS) is 20.1. The molecule has 1 atom stereocenters. The van der Waals surface area contributed by atoms with Crippen molar-refractivity contribution in [2.45, 2.75) is 39.7 Å². The van der Waals surface area contributed by atoms with Gasteiger partial charge < -0.3 is 0 Å². The first kappa shape index (κ1) is 15.6. The standard InChI is InChI=1S/C22H25NO/c1-15-11-20-13-18(22(24)21(20)12-16(15)2)8-10-23-9-7-17-5-3-4-6-19(17)14-23/h3-6,11-12,18H,7-10,13-14H2,1-2H3. The molecule has 124 valence electrons. The molecule has 1 unspecified atom stereocenters. The van der Waals surface area contributed by atoms with Gasteiger partial charge in [-0.2, -0.15) is 0 Å². The zero-order chi connectivity index (χ0) is 16.7. The summed E-state index contributed by atoms with van der Waals surface area (Å²) in [5.74, 6) is 0.545. The molecule has 2 aliphatic rings. The zero-order valence-electron chi connectivity index (χ0n) is 14.6. The minimum atomic E-state index is 0.179. The molecule has 2 aromatic rings. The molecular formula is C22H25NO. The van der Waals surface area contributed by atoms with Crippen molar-refractivity contribution in [1.29, 1.82) is 0 Å². The summed E-state index contributed by atoms with van der Waals surface area (Å²) >= 11 is 0. The summed E-state index contributed by atoms with van der Waals surface area (Å²) < 4.78 is 0. The predicted octanol–water partition coefficient (Wildman–Crippen LogP) is 4.11. The molecule has 2 nitrogen and oxygen atoms in total. The Balaban J connectivity index is 1.40. The van der Waals surface area contributed by atoms with Crippen LogP contribution in [0.1, 0.15) is 44.6 Å². The number of hydrogen-bond donors (Lipinski definition) is 0. The molecule has 0 bridgehead atoms. The molecule has 2 heteroatoms. The second-order valence-electron chi connectivity index (χ2n) is 7.44. The molecule has 0 spiro atoms. The Labute approximate surface area is 144 Å². The van der Waals surface area contributed by atoms with Gasteiger partial charge in [-0.15, -0.1) is 0 Å². The molecule has 24 heavy (non-hydrogen) atoms. The first-order chi connectivity index (χ1) is 11.6. The first-order valence-electron chi connectivity index (χ1n) is 9.05. The van der Waals surface area contributed by atoms with Crippen molar-refractivity contribution in [3.05, 3.63) is 69.8 Å².